The molecule has 27 heavy (non-hydrogen) atoms. The van der Waals surface area contributed by atoms with Crippen molar-refractivity contribution in [3.05, 3.63) is 23.8 Å². The molecule has 0 unspecified atom stereocenters. The first-order valence-corrected chi connectivity index (χ1v) is 9.93. The number of hydrogen-bond acceptors (Lipinski definition) is 5. The van der Waals surface area contributed by atoms with Gasteiger partial charge in [-0.25, -0.2) is 0 Å². The zero-order valence-corrected chi connectivity index (χ0v) is 16.2. The Balaban J connectivity index is 1.79. The van der Waals surface area contributed by atoms with Crippen molar-refractivity contribution in [2.75, 3.05) is 6.61 Å². The van der Waals surface area contributed by atoms with Crippen LogP contribution in [0.2, 0.25) is 0 Å². The third-order valence-electron chi connectivity index (χ3n) is 8.41. The van der Waals surface area contributed by atoms with Crippen molar-refractivity contribution < 1.29 is 24.6 Å². The minimum absolute atomic E-state index is 0.0218. The molecule has 5 heteroatoms. The summed E-state index contributed by atoms with van der Waals surface area (Å²) in [6.45, 7) is 5.05. The van der Waals surface area contributed by atoms with Gasteiger partial charge < -0.3 is 10.2 Å². The maximum Gasteiger partial charge on any atom is 0.190 e. The van der Waals surface area contributed by atoms with Crippen molar-refractivity contribution in [2.45, 2.75) is 52.1 Å². The van der Waals surface area contributed by atoms with Crippen LogP contribution in [-0.2, 0) is 14.4 Å². The van der Waals surface area contributed by atoms with Crippen molar-refractivity contribution in [3.63, 3.8) is 0 Å². The fraction of sp³-hybridized carbons (Fsp3) is 0.682. The van der Waals surface area contributed by atoms with Crippen molar-refractivity contribution in [2.24, 2.45) is 34.5 Å². The first-order valence-electron chi connectivity index (χ1n) is 9.93. The van der Waals surface area contributed by atoms with Crippen LogP contribution >= 0.6 is 0 Å². The van der Waals surface area contributed by atoms with E-state index in [1.807, 2.05) is 26.8 Å². The molecule has 4 aliphatic rings. The number of aliphatic hydroxyl groups is 2. The van der Waals surface area contributed by atoms with Crippen LogP contribution in [0.15, 0.2) is 23.8 Å². The van der Waals surface area contributed by atoms with E-state index in [0.29, 0.717) is 6.42 Å². The normalized spacial score (nSPS) is 48.6. The molecule has 5 nitrogen and oxygen atoms in total. The number of carbonyl (C=O) groups is 3. The van der Waals surface area contributed by atoms with Gasteiger partial charge in [-0.05, 0) is 49.2 Å². The highest BCUT2D eigenvalue weighted by Crippen LogP contribution is 2.67. The monoisotopic (exact) mass is 372 g/mol. The molecule has 7 atom stereocenters. The van der Waals surface area contributed by atoms with Gasteiger partial charge in [0.05, 0.1) is 0 Å². The fourth-order valence-electron chi connectivity index (χ4n) is 7.08. The van der Waals surface area contributed by atoms with Gasteiger partial charge in [0.25, 0.3) is 0 Å². The maximum atomic E-state index is 13.4. The third-order valence-corrected chi connectivity index (χ3v) is 8.41. The predicted molar refractivity (Wildman–Crippen MR) is 98.6 cm³/mol. The summed E-state index contributed by atoms with van der Waals surface area (Å²) in [4.78, 5) is 37.8. The van der Waals surface area contributed by atoms with Crippen LogP contribution < -0.4 is 0 Å². The molecule has 0 saturated heterocycles. The van der Waals surface area contributed by atoms with Crippen molar-refractivity contribution in [1.29, 1.82) is 0 Å². The van der Waals surface area contributed by atoms with E-state index >= 15 is 0 Å². The van der Waals surface area contributed by atoms with E-state index in [9.17, 15) is 24.6 Å². The highest BCUT2D eigenvalue weighted by molar-refractivity contribution is 6.02. The van der Waals surface area contributed by atoms with Crippen LogP contribution in [-0.4, -0.2) is 39.8 Å². The van der Waals surface area contributed by atoms with Crippen LogP contribution in [0.3, 0.4) is 0 Å². The number of fused-ring (bicyclic) bond motifs is 5. The highest BCUT2D eigenvalue weighted by atomic mass is 16.3. The first-order chi connectivity index (χ1) is 12.6. The zero-order valence-electron chi connectivity index (χ0n) is 16.2. The van der Waals surface area contributed by atoms with Crippen LogP contribution in [0, 0.1) is 34.5 Å². The van der Waals surface area contributed by atoms with Crippen LogP contribution in [0.1, 0.15) is 46.5 Å². The van der Waals surface area contributed by atoms with E-state index in [1.165, 1.54) is 0 Å². The SMILES string of the molecule is C[C@@H]1C[C@@H]2[C@H]3CCC4=CC(=O)C=C[C@@]4(C)[C@@H]3C(=O)C[C@@]2(C)[C@]1(O)C(=O)CO. The number of rotatable bonds is 2. The second kappa shape index (κ2) is 5.71. The second-order valence-corrected chi connectivity index (χ2v) is 9.52. The third kappa shape index (κ3) is 2.16. The molecule has 0 aromatic carbocycles. The molecule has 4 rings (SSSR count). The highest BCUT2D eigenvalue weighted by Gasteiger charge is 2.70. The van der Waals surface area contributed by atoms with Gasteiger partial charge in [-0.2, -0.15) is 0 Å². The first kappa shape index (κ1) is 18.8. The largest absolute Gasteiger partial charge is 0.388 e. The van der Waals surface area contributed by atoms with E-state index in [-0.39, 0.29) is 41.7 Å². The van der Waals surface area contributed by atoms with E-state index in [4.69, 9.17) is 0 Å². The summed E-state index contributed by atoms with van der Waals surface area (Å²) in [7, 11) is 0. The molecule has 0 amide bonds. The van der Waals surface area contributed by atoms with Crippen LogP contribution in [0.5, 0.6) is 0 Å². The lowest BCUT2D eigenvalue weighted by Gasteiger charge is -2.56. The molecule has 146 valence electrons. The topological polar surface area (TPSA) is 91.7 Å². The molecule has 0 aromatic heterocycles. The summed E-state index contributed by atoms with van der Waals surface area (Å²) in [5.41, 5.74) is -1.94. The molecule has 3 fully saturated rings. The lowest BCUT2D eigenvalue weighted by Crippen LogP contribution is -2.61. The summed E-state index contributed by atoms with van der Waals surface area (Å²) in [6, 6.07) is 0. The summed E-state index contributed by atoms with van der Waals surface area (Å²) in [5.74, 6) is -0.947. The molecule has 4 aliphatic carbocycles. The van der Waals surface area contributed by atoms with Crippen LogP contribution in [0.4, 0.5) is 0 Å². The Hall–Kier alpha value is -1.59. The lowest BCUT2D eigenvalue weighted by molar-refractivity contribution is -0.173. The number of aliphatic hydroxyl groups excluding tert-OH is 1. The Morgan fingerprint density at radius 3 is 2.67 bits per heavy atom. The fourth-order valence-corrected chi connectivity index (χ4v) is 7.08. The molecule has 0 heterocycles. The van der Waals surface area contributed by atoms with Gasteiger partial charge in [-0.15, -0.1) is 0 Å². The number of hydrogen-bond donors (Lipinski definition) is 2. The Bertz CT molecular complexity index is 795. The van der Waals surface area contributed by atoms with Gasteiger partial charge >= 0.3 is 0 Å². The van der Waals surface area contributed by atoms with E-state index in [2.05, 4.69) is 0 Å². The summed E-state index contributed by atoms with van der Waals surface area (Å²) in [5, 5.41) is 20.8. The number of ketones is 3. The van der Waals surface area contributed by atoms with Crippen molar-refractivity contribution in [3.8, 4) is 0 Å². The smallest absolute Gasteiger partial charge is 0.190 e. The van der Waals surface area contributed by atoms with Gasteiger partial charge in [-0.1, -0.05) is 32.4 Å². The second-order valence-electron chi connectivity index (χ2n) is 9.52. The summed E-state index contributed by atoms with van der Waals surface area (Å²) in [6.07, 6.45) is 7.49. The summed E-state index contributed by atoms with van der Waals surface area (Å²) < 4.78 is 0. The Morgan fingerprint density at radius 2 is 2.00 bits per heavy atom. The van der Waals surface area contributed by atoms with Crippen LogP contribution in [0.25, 0.3) is 0 Å². The Labute approximate surface area is 159 Å². The average molecular weight is 372 g/mol. The Kier molecular flexibility index (Phi) is 3.97. The van der Waals surface area contributed by atoms with E-state index < -0.39 is 28.8 Å². The molecule has 0 aliphatic heterocycles. The minimum atomic E-state index is -1.66. The predicted octanol–water partition coefficient (Wildman–Crippen LogP) is 2.01. The molecule has 0 spiro atoms. The van der Waals surface area contributed by atoms with Crippen molar-refractivity contribution >= 4 is 17.3 Å². The molecular formula is C22H28O5. The van der Waals surface area contributed by atoms with Crippen molar-refractivity contribution in [1.82, 2.24) is 0 Å². The maximum absolute atomic E-state index is 13.4. The molecule has 0 bridgehead atoms. The molecule has 3 saturated carbocycles. The lowest BCUT2D eigenvalue weighted by atomic mass is 9.46. The number of carbonyl (C=O) groups excluding carboxylic acids is 3. The quantitative estimate of drug-likeness (QED) is 0.774. The van der Waals surface area contributed by atoms with E-state index in [0.717, 1.165) is 18.4 Å². The molecule has 2 N–H and O–H groups in total. The minimum Gasteiger partial charge on any atom is -0.388 e. The molecule has 0 radical (unpaired) electrons. The molecule has 0 aromatic rings. The van der Waals surface area contributed by atoms with Gasteiger partial charge in [0.2, 0.25) is 0 Å². The zero-order chi connectivity index (χ0) is 19.8. The van der Waals surface area contributed by atoms with Gasteiger partial charge in [0, 0.05) is 23.2 Å². The molecular weight excluding hydrogens is 344 g/mol. The average Bonchev–Trinajstić information content (AvgIpc) is 2.82. The number of Topliss-reactive ketones (excluding diaryl/α,β-unsaturated/α-hetero) is 2. The van der Waals surface area contributed by atoms with E-state index in [1.54, 1.807) is 12.2 Å². The standard InChI is InChI=1S/C22H28O5/c1-12-8-16-15-5-4-13-9-14(24)6-7-20(13,2)19(15)17(25)10-21(16,3)22(12,27)18(26)11-23/h6-7,9,12,15-16,19,23,27H,4-5,8,10-11H2,1-3H3/t12-,15-,16-,19+,20-,21-,22-/m1/s1. The van der Waals surface area contributed by atoms with Gasteiger partial charge in [0.15, 0.2) is 11.6 Å². The van der Waals surface area contributed by atoms with Gasteiger partial charge in [0.1, 0.15) is 18.0 Å². The number of allylic oxidation sites excluding steroid dienone is 4. The Morgan fingerprint density at radius 1 is 1.30 bits per heavy atom. The summed E-state index contributed by atoms with van der Waals surface area (Å²) >= 11 is 0. The van der Waals surface area contributed by atoms with Gasteiger partial charge in [-0.3, -0.25) is 14.4 Å².